The SMILES string of the molecule is CCCCOC1CC(C#N)(NS(=O)C(C)(C)C)C1. The van der Waals surface area contributed by atoms with E-state index in [1.807, 2.05) is 20.8 Å². The van der Waals surface area contributed by atoms with Gasteiger partial charge in [0.15, 0.2) is 0 Å². The molecule has 1 N–H and O–H groups in total. The van der Waals surface area contributed by atoms with Gasteiger partial charge in [-0.1, -0.05) is 13.3 Å². The quantitative estimate of drug-likeness (QED) is 0.755. The fourth-order valence-electron chi connectivity index (χ4n) is 1.76. The number of ether oxygens (including phenoxy) is 1. The molecule has 1 atom stereocenters. The highest BCUT2D eigenvalue weighted by Gasteiger charge is 2.47. The summed E-state index contributed by atoms with van der Waals surface area (Å²) >= 11 is 0. The van der Waals surface area contributed by atoms with Gasteiger partial charge in [0.1, 0.15) is 5.54 Å². The Hall–Kier alpha value is -0.440. The van der Waals surface area contributed by atoms with Gasteiger partial charge in [-0.2, -0.15) is 5.26 Å². The summed E-state index contributed by atoms with van der Waals surface area (Å²) in [7, 11) is -1.21. The molecule has 0 aromatic carbocycles. The summed E-state index contributed by atoms with van der Waals surface area (Å²) in [5, 5.41) is 9.24. The second kappa shape index (κ2) is 6.14. The highest BCUT2D eigenvalue weighted by molar-refractivity contribution is 7.84. The van der Waals surface area contributed by atoms with Crippen molar-refractivity contribution in [3.8, 4) is 6.07 Å². The van der Waals surface area contributed by atoms with E-state index in [9.17, 15) is 9.47 Å². The van der Waals surface area contributed by atoms with Crippen molar-refractivity contribution in [1.29, 1.82) is 5.26 Å². The minimum atomic E-state index is -1.21. The van der Waals surface area contributed by atoms with Crippen molar-refractivity contribution in [2.24, 2.45) is 0 Å². The zero-order chi connectivity index (χ0) is 13.8. The van der Waals surface area contributed by atoms with E-state index in [0.29, 0.717) is 12.8 Å². The molecule has 4 nitrogen and oxygen atoms in total. The van der Waals surface area contributed by atoms with Crippen LogP contribution in [0.1, 0.15) is 53.4 Å². The molecule has 0 saturated heterocycles. The van der Waals surface area contributed by atoms with Crippen LogP contribution in [0.15, 0.2) is 0 Å². The summed E-state index contributed by atoms with van der Waals surface area (Å²) in [6.07, 6.45) is 3.57. The summed E-state index contributed by atoms with van der Waals surface area (Å²) in [5.41, 5.74) is -0.658. The normalized spacial score (nSPS) is 29.4. The predicted octanol–water partition coefficient (Wildman–Crippen LogP) is 2.28. The van der Waals surface area contributed by atoms with Crippen LogP contribution in [-0.4, -0.2) is 27.2 Å². The van der Waals surface area contributed by atoms with Crippen LogP contribution < -0.4 is 4.72 Å². The Morgan fingerprint density at radius 2 is 2.11 bits per heavy atom. The molecule has 0 radical (unpaired) electrons. The van der Waals surface area contributed by atoms with E-state index in [-0.39, 0.29) is 10.9 Å². The Kier molecular flexibility index (Phi) is 5.32. The van der Waals surface area contributed by atoms with E-state index < -0.39 is 16.5 Å². The summed E-state index contributed by atoms with van der Waals surface area (Å²) in [5.74, 6) is 0. The van der Waals surface area contributed by atoms with Gasteiger partial charge in [0, 0.05) is 19.4 Å². The fraction of sp³-hybridized carbons (Fsp3) is 0.923. The largest absolute Gasteiger partial charge is 0.378 e. The predicted molar refractivity (Wildman–Crippen MR) is 73.3 cm³/mol. The molecule has 0 bridgehead atoms. The third kappa shape index (κ3) is 4.04. The lowest BCUT2D eigenvalue weighted by molar-refractivity contribution is -0.0313. The Morgan fingerprint density at radius 3 is 2.56 bits per heavy atom. The summed E-state index contributed by atoms with van der Waals surface area (Å²) in [4.78, 5) is 0. The van der Waals surface area contributed by atoms with Crippen LogP contribution in [0, 0.1) is 11.3 Å². The van der Waals surface area contributed by atoms with Crippen LogP contribution in [0.25, 0.3) is 0 Å². The standard InChI is InChI=1S/C13H24N2O2S/c1-5-6-7-17-11-8-13(9-11,10-14)15-18(16)12(2,3)4/h11,15H,5-9H2,1-4H3. The van der Waals surface area contributed by atoms with Crippen LogP contribution >= 0.6 is 0 Å². The molecular formula is C13H24N2O2S. The minimum absolute atomic E-state index is 0.140. The maximum Gasteiger partial charge on any atom is 0.122 e. The maximum absolute atomic E-state index is 12.0. The molecule has 0 aromatic heterocycles. The topological polar surface area (TPSA) is 62.1 Å². The fourth-order valence-corrected chi connectivity index (χ4v) is 2.63. The first-order chi connectivity index (χ1) is 8.33. The average molecular weight is 272 g/mol. The van der Waals surface area contributed by atoms with Crippen molar-refractivity contribution in [3.63, 3.8) is 0 Å². The number of unbranched alkanes of at least 4 members (excludes halogenated alkanes) is 1. The zero-order valence-electron chi connectivity index (χ0n) is 11.8. The molecule has 1 rings (SSSR count). The molecule has 0 spiro atoms. The monoisotopic (exact) mass is 272 g/mol. The smallest absolute Gasteiger partial charge is 0.122 e. The number of nitrogens with zero attached hydrogens (tertiary/aromatic N) is 1. The lowest BCUT2D eigenvalue weighted by Crippen LogP contribution is -2.59. The van der Waals surface area contributed by atoms with Crippen LogP contribution in [0.3, 0.4) is 0 Å². The van der Waals surface area contributed by atoms with Gasteiger partial charge >= 0.3 is 0 Å². The van der Waals surface area contributed by atoms with Crippen LogP contribution in [0.4, 0.5) is 0 Å². The first-order valence-corrected chi connectivity index (χ1v) is 7.70. The Bertz CT molecular complexity index is 338. The van der Waals surface area contributed by atoms with Crippen molar-refractivity contribution in [2.75, 3.05) is 6.61 Å². The molecule has 104 valence electrons. The summed E-state index contributed by atoms with van der Waals surface area (Å²) < 4.78 is 20.3. The summed E-state index contributed by atoms with van der Waals surface area (Å²) in [6.45, 7) is 8.57. The Balaban J connectivity index is 2.41. The van der Waals surface area contributed by atoms with E-state index in [1.54, 1.807) is 0 Å². The molecule has 1 fully saturated rings. The molecule has 18 heavy (non-hydrogen) atoms. The van der Waals surface area contributed by atoms with E-state index >= 15 is 0 Å². The van der Waals surface area contributed by atoms with Crippen molar-refractivity contribution in [3.05, 3.63) is 0 Å². The van der Waals surface area contributed by atoms with Crippen LogP contribution in [-0.2, 0) is 15.7 Å². The van der Waals surface area contributed by atoms with Gasteiger partial charge in [-0.05, 0) is 27.2 Å². The average Bonchev–Trinajstić information content (AvgIpc) is 2.23. The van der Waals surface area contributed by atoms with Crippen molar-refractivity contribution >= 4 is 11.0 Å². The third-order valence-corrected chi connectivity index (χ3v) is 4.75. The summed E-state index contributed by atoms with van der Waals surface area (Å²) in [6, 6.07) is 2.25. The van der Waals surface area contributed by atoms with E-state index in [2.05, 4.69) is 17.7 Å². The molecule has 5 heteroatoms. The maximum atomic E-state index is 12.0. The minimum Gasteiger partial charge on any atom is -0.378 e. The molecule has 1 saturated carbocycles. The van der Waals surface area contributed by atoms with Crippen molar-refractivity contribution < 1.29 is 8.95 Å². The highest BCUT2D eigenvalue weighted by Crippen LogP contribution is 2.35. The number of rotatable bonds is 6. The molecule has 0 aliphatic heterocycles. The zero-order valence-corrected chi connectivity index (χ0v) is 12.6. The van der Waals surface area contributed by atoms with E-state index in [0.717, 1.165) is 19.4 Å². The number of hydrogen-bond acceptors (Lipinski definition) is 3. The van der Waals surface area contributed by atoms with Crippen LogP contribution in [0.5, 0.6) is 0 Å². The van der Waals surface area contributed by atoms with Crippen molar-refractivity contribution in [1.82, 2.24) is 4.72 Å². The molecular weight excluding hydrogens is 248 g/mol. The highest BCUT2D eigenvalue weighted by atomic mass is 32.2. The van der Waals surface area contributed by atoms with Gasteiger partial charge in [0.05, 0.1) is 27.9 Å². The van der Waals surface area contributed by atoms with E-state index in [4.69, 9.17) is 4.74 Å². The van der Waals surface area contributed by atoms with Gasteiger partial charge in [0.25, 0.3) is 0 Å². The lowest BCUT2D eigenvalue weighted by atomic mass is 9.76. The van der Waals surface area contributed by atoms with Gasteiger partial charge in [-0.15, -0.1) is 0 Å². The molecule has 1 aliphatic rings. The van der Waals surface area contributed by atoms with Gasteiger partial charge in [-0.25, -0.2) is 8.93 Å². The second-order valence-corrected chi connectivity index (χ2v) is 7.90. The van der Waals surface area contributed by atoms with Gasteiger partial charge in [0.2, 0.25) is 0 Å². The number of nitriles is 1. The number of nitrogens with one attached hydrogen (secondary N) is 1. The van der Waals surface area contributed by atoms with Crippen molar-refractivity contribution in [2.45, 2.75) is 69.8 Å². The van der Waals surface area contributed by atoms with Crippen LogP contribution in [0.2, 0.25) is 0 Å². The van der Waals surface area contributed by atoms with Gasteiger partial charge in [-0.3, -0.25) is 0 Å². The molecule has 0 heterocycles. The molecule has 0 amide bonds. The molecule has 0 aromatic rings. The number of hydrogen-bond donors (Lipinski definition) is 1. The first kappa shape index (κ1) is 15.6. The second-order valence-electron chi connectivity index (χ2n) is 5.93. The third-order valence-electron chi connectivity index (χ3n) is 3.06. The van der Waals surface area contributed by atoms with E-state index in [1.165, 1.54) is 0 Å². The lowest BCUT2D eigenvalue weighted by Gasteiger charge is -2.43. The first-order valence-electron chi connectivity index (χ1n) is 6.55. The molecule has 1 aliphatic carbocycles. The Morgan fingerprint density at radius 1 is 1.50 bits per heavy atom. The Labute approximate surface area is 113 Å². The van der Waals surface area contributed by atoms with Gasteiger partial charge < -0.3 is 4.74 Å². The molecule has 1 unspecified atom stereocenters.